The first-order valence-electron chi connectivity index (χ1n) is 6.66. The Labute approximate surface area is 135 Å². The lowest BCUT2D eigenvalue weighted by Crippen LogP contribution is -2.21. The summed E-state index contributed by atoms with van der Waals surface area (Å²) in [5.74, 6) is -1.21. The van der Waals surface area contributed by atoms with E-state index in [4.69, 9.17) is 16.3 Å². The average Bonchev–Trinajstić information content (AvgIpc) is 2.99. The number of carbonyl (C=O) groups is 2. The van der Waals surface area contributed by atoms with Crippen molar-refractivity contribution in [3.63, 3.8) is 0 Å². The van der Waals surface area contributed by atoms with E-state index >= 15 is 0 Å². The highest BCUT2D eigenvalue weighted by Crippen LogP contribution is 2.18. The van der Waals surface area contributed by atoms with Crippen LogP contribution in [0.5, 0.6) is 0 Å². The molecule has 2 aromatic heterocycles. The lowest BCUT2D eigenvalue weighted by molar-refractivity contribution is -0.119. The molecule has 7 nitrogen and oxygen atoms in total. The van der Waals surface area contributed by atoms with Gasteiger partial charge in [0.1, 0.15) is 0 Å². The molecule has 1 aromatic carbocycles. The molecular formula is C15H11ClN4O3. The van der Waals surface area contributed by atoms with Crippen molar-refractivity contribution in [3.8, 4) is 0 Å². The highest BCUT2D eigenvalue weighted by Gasteiger charge is 2.17. The summed E-state index contributed by atoms with van der Waals surface area (Å²) in [5, 5.41) is 9.94. The van der Waals surface area contributed by atoms with Gasteiger partial charge >= 0.3 is 5.97 Å². The molecular weight excluding hydrogens is 320 g/mol. The van der Waals surface area contributed by atoms with Gasteiger partial charge in [0, 0.05) is 11.6 Å². The predicted octanol–water partition coefficient (Wildman–Crippen LogP) is 2.41. The molecule has 0 aliphatic heterocycles. The Bertz CT molecular complexity index is 878. The van der Waals surface area contributed by atoms with E-state index in [-0.39, 0.29) is 10.8 Å². The zero-order chi connectivity index (χ0) is 16.2. The van der Waals surface area contributed by atoms with Gasteiger partial charge in [0.25, 0.3) is 5.91 Å². The lowest BCUT2D eigenvalue weighted by atomic mass is 10.2. The first kappa shape index (κ1) is 15.0. The smallest absolute Gasteiger partial charge is 0.359 e. The Balaban J connectivity index is 1.63. The van der Waals surface area contributed by atoms with Gasteiger partial charge in [-0.1, -0.05) is 29.8 Å². The molecule has 0 spiro atoms. The molecule has 1 amide bonds. The van der Waals surface area contributed by atoms with E-state index in [1.165, 1.54) is 6.20 Å². The molecule has 2 heterocycles. The minimum atomic E-state index is -0.685. The van der Waals surface area contributed by atoms with Gasteiger partial charge in [0.15, 0.2) is 17.5 Å². The number of amides is 1. The van der Waals surface area contributed by atoms with Gasteiger partial charge in [-0.05, 0) is 18.2 Å². The summed E-state index contributed by atoms with van der Waals surface area (Å²) in [7, 11) is 0. The molecule has 0 atom stereocenters. The Hall–Kier alpha value is -2.93. The molecule has 0 aliphatic carbocycles. The number of aromatic amines is 1. The molecule has 0 saturated heterocycles. The predicted molar refractivity (Wildman–Crippen MR) is 84.3 cm³/mol. The number of fused-ring (bicyclic) bond motifs is 1. The summed E-state index contributed by atoms with van der Waals surface area (Å²) in [6.45, 7) is -0.453. The van der Waals surface area contributed by atoms with Crippen LogP contribution in [0.4, 0.5) is 5.69 Å². The van der Waals surface area contributed by atoms with E-state index in [1.807, 2.05) is 6.07 Å². The number of benzene rings is 1. The molecule has 0 saturated carbocycles. The van der Waals surface area contributed by atoms with E-state index < -0.39 is 18.5 Å². The van der Waals surface area contributed by atoms with Crippen LogP contribution in [0.1, 0.15) is 10.5 Å². The van der Waals surface area contributed by atoms with Crippen LogP contribution in [0, 0.1) is 0 Å². The third kappa shape index (κ3) is 3.29. The van der Waals surface area contributed by atoms with Gasteiger partial charge in [0.2, 0.25) is 0 Å². The van der Waals surface area contributed by atoms with Crippen molar-refractivity contribution in [2.24, 2.45) is 0 Å². The fraction of sp³-hybridized carbons (Fsp3) is 0.0667. The van der Waals surface area contributed by atoms with Gasteiger partial charge < -0.3 is 10.1 Å². The highest BCUT2D eigenvalue weighted by molar-refractivity contribution is 6.32. The first-order chi connectivity index (χ1) is 11.1. The van der Waals surface area contributed by atoms with Gasteiger partial charge in [0.05, 0.1) is 11.2 Å². The SMILES string of the molecule is O=C(COC(=O)c1n[nH]c2ccccc12)Nc1cccnc1Cl. The maximum absolute atomic E-state index is 12.0. The summed E-state index contributed by atoms with van der Waals surface area (Å²) in [5.41, 5.74) is 1.19. The van der Waals surface area contributed by atoms with Crippen LogP contribution in [-0.4, -0.2) is 33.7 Å². The first-order valence-corrected chi connectivity index (χ1v) is 7.03. The third-order valence-corrected chi connectivity index (χ3v) is 3.33. The minimum absolute atomic E-state index is 0.132. The number of aromatic nitrogens is 3. The number of esters is 1. The largest absolute Gasteiger partial charge is 0.451 e. The second kappa shape index (κ2) is 6.45. The summed E-state index contributed by atoms with van der Waals surface area (Å²) < 4.78 is 4.97. The van der Waals surface area contributed by atoms with E-state index in [2.05, 4.69) is 20.5 Å². The number of carbonyl (C=O) groups excluding carboxylic acids is 2. The zero-order valence-electron chi connectivity index (χ0n) is 11.7. The number of H-pyrrole nitrogens is 1. The fourth-order valence-electron chi connectivity index (χ4n) is 1.98. The van der Waals surface area contributed by atoms with Crippen LogP contribution < -0.4 is 5.32 Å². The Morgan fingerprint density at radius 3 is 2.87 bits per heavy atom. The van der Waals surface area contributed by atoms with E-state index in [9.17, 15) is 9.59 Å². The standard InChI is InChI=1S/C15H11ClN4O3/c16-14-11(6-3-7-17-14)18-12(21)8-23-15(22)13-9-4-1-2-5-10(9)19-20-13/h1-7H,8H2,(H,18,21)(H,19,20). The van der Waals surface area contributed by atoms with E-state index in [0.717, 1.165) is 0 Å². The van der Waals surface area contributed by atoms with Crippen LogP contribution in [0.25, 0.3) is 10.9 Å². The van der Waals surface area contributed by atoms with Crippen LogP contribution >= 0.6 is 11.6 Å². The Morgan fingerprint density at radius 1 is 1.22 bits per heavy atom. The summed E-state index contributed by atoms with van der Waals surface area (Å²) >= 11 is 5.83. The number of halogens is 1. The second-order valence-corrected chi connectivity index (χ2v) is 4.94. The van der Waals surface area contributed by atoms with Gasteiger partial charge in [-0.15, -0.1) is 0 Å². The molecule has 8 heteroatoms. The number of hydrogen-bond donors (Lipinski definition) is 2. The summed E-state index contributed by atoms with van der Waals surface area (Å²) in [6, 6.07) is 10.4. The molecule has 0 unspecified atom stereocenters. The number of nitrogens with zero attached hydrogens (tertiary/aromatic N) is 2. The van der Waals surface area contributed by atoms with Crippen molar-refractivity contribution in [2.45, 2.75) is 0 Å². The average molecular weight is 331 g/mol. The Morgan fingerprint density at radius 2 is 2.04 bits per heavy atom. The van der Waals surface area contributed by atoms with E-state index in [0.29, 0.717) is 16.6 Å². The normalized spacial score (nSPS) is 10.5. The Kier molecular flexibility index (Phi) is 4.20. The van der Waals surface area contributed by atoms with Crippen LogP contribution in [0.15, 0.2) is 42.6 Å². The molecule has 3 rings (SSSR count). The molecule has 0 aliphatic rings. The maximum Gasteiger partial charge on any atom is 0.359 e. The van der Waals surface area contributed by atoms with Crippen LogP contribution in [0.3, 0.4) is 0 Å². The monoisotopic (exact) mass is 330 g/mol. The minimum Gasteiger partial charge on any atom is -0.451 e. The van der Waals surface area contributed by atoms with Crippen molar-refractivity contribution in [2.75, 3.05) is 11.9 Å². The van der Waals surface area contributed by atoms with Crippen LogP contribution in [0.2, 0.25) is 5.15 Å². The van der Waals surface area contributed by atoms with Crippen molar-refractivity contribution in [1.29, 1.82) is 0 Å². The number of ether oxygens (including phenoxy) is 1. The third-order valence-electron chi connectivity index (χ3n) is 3.03. The zero-order valence-corrected chi connectivity index (χ0v) is 12.5. The molecule has 116 valence electrons. The summed E-state index contributed by atoms with van der Waals surface area (Å²) in [4.78, 5) is 27.7. The van der Waals surface area contributed by atoms with Crippen molar-refractivity contribution in [3.05, 3.63) is 53.4 Å². The van der Waals surface area contributed by atoms with Crippen LogP contribution in [-0.2, 0) is 9.53 Å². The van der Waals surface area contributed by atoms with Gasteiger partial charge in [-0.3, -0.25) is 9.89 Å². The van der Waals surface area contributed by atoms with Gasteiger partial charge in [-0.2, -0.15) is 5.10 Å². The van der Waals surface area contributed by atoms with Crippen molar-refractivity contribution < 1.29 is 14.3 Å². The van der Waals surface area contributed by atoms with Crippen molar-refractivity contribution in [1.82, 2.24) is 15.2 Å². The van der Waals surface area contributed by atoms with Gasteiger partial charge in [-0.25, -0.2) is 9.78 Å². The fourth-order valence-corrected chi connectivity index (χ4v) is 2.15. The molecule has 0 fully saturated rings. The second-order valence-electron chi connectivity index (χ2n) is 4.58. The quantitative estimate of drug-likeness (QED) is 0.565. The molecule has 2 N–H and O–H groups in total. The molecule has 3 aromatic rings. The summed E-state index contributed by atoms with van der Waals surface area (Å²) in [6.07, 6.45) is 1.50. The lowest BCUT2D eigenvalue weighted by Gasteiger charge is -2.06. The maximum atomic E-state index is 12.0. The molecule has 23 heavy (non-hydrogen) atoms. The number of anilines is 1. The topological polar surface area (TPSA) is 97.0 Å². The molecule has 0 bridgehead atoms. The highest BCUT2D eigenvalue weighted by atomic mass is 35.5. The van der Waals surface area contributed by atoms with E-state index in [1.54, 1.807) is 30.3 Å². The molecule has 0 radical (unpaired) electrons. The number of rotatable bonds is 4. The number of nitrogens with one attached hydrogen (secondary N) is 2. The number of para-hydroxylation sites is 1. The number of pyridine rings is 1. The van der Waals surface area contributed by atoms with Crippen molar-refractivity contribution >= 4 is 40.1 Å². The number of hydrogen-bond acceptors (Lipinski definition) is 5.